The van der Waals surface area contributed by atoms with Gasteiger partial charge in [-0.1, -0.05) is 50.1 Å². The summed E-state index contributed by atoms with van der Waals surface area (Å²) in [6.45, 7) is 2.34. The first kappa shape index (κ1) is 16.1. The molecule has 1 saturated carbocycles. The fraction of sp³-hybridized carbons (Fsp3) is 0.350. The second-order valence-corrected chi connectivity index (χ2v) is 7.24. The Morgan fingerprint density at radius 1 is 1.00 bits per heavy atom. The van der Waals surface area contributed by atoms with Crippen molar-refractivity contribution in [2.24, 2.45) is 5.92 Å². The fourth-order valence-electron chi connectivity index (χ4n) is 3.35. The molecule has 0 amide bonds. The van der Waals surface area contributed by atoms with Gasteiger partial charge in [0.05, 0.1) is 4.90 Å². The molecule has 0 bridgehead atoms. The Morgan fingerprint density at radius 2 is 1.65 bits per heavy atom. The molecule has 0 heterocycles. The van der Waals surface area contributed by atoms with Gasteiger partial charge < -0.3 is 0 Å². The van der Waals surface area contributed by atoms with Crippen molar-refractivity contribution < 1.29 is 4.39 Å². The van der Waals surface area contributed by atoms with E-state index in [4.69, 9.17) is 5.26 Å². The van der Waals surface area contributed by atoms with Crippen LogP contribution < -0.4 is 0 Å². The molecule has 0 aliphatic heterocycles. The first-order chi connectivity index (χ1) is 11.2. The van der Waals surface area contributed by atoms with Crippen LogP contribution in [0.5, 0.6) is 0 Å². The summed E-state index contributed by atoms with van der Waals surface area (Å²) in [5, 5.41) is 10.6. The summed E-state index contributed by atoms with van der Waals surface area (Å²) in [5.41, 5.74) is 3.27. The summed E-state index contributed by atoms with van der Waals surface area (Å²) in [4.78, 5) is 0.379. The highest BCUT2D eigenvalue weighted by Gasteiger charge is 2.19. The van der Waals surface area contributed by atoms with Crippen molar-refractivity contribution in [2.75, 3.05) is 0 Å². The topological polar surface area (TPSA) is 23.8 Å². The van der Waals surface area contributed by atoms with Crippen LogP contribution in [0, 0.1) is 22.4 Å². The van der Waals surface area contributed by atoms with Gasteiger partial charge in [0.2, 0.25) is 0 Å². The van der Waals surface area contributed by atoms with Crippen LogP contribution in [0.2, 0.25) is 0 Å². The quantitative estimate of drug-likeness (QED) is 0.484. The van der Waals surface area contributed by atoms with Crippen LogP contribution in [0.3, 0.4) is 0 Å². The highest BCUT2D eigenvalue weighted by molar-refractivity contribution is 8.03. The number of halogens is 1. The maximum Gasteiger partial charge on any atom is 0.138 e. The normalized spacial score (nSPS) is 20.9. The van der Waals surface area contributed by atoms with E-state index in [0.717, 1.165) is 28.8 Å². The minimum Gasteiger partial charge on any atom is -0.206 e. The SMILES string of the molecule is CC1CCC(c2ccc(-c3ccc(SC#N)c(F)c3)cc2)CC1. The van der Waals surface area contributed by atoms with Gasteiger partial charge in [-0.25, -0.2) is 4.39 Å². The van der Waals surface area contributed by atoms with Crippen molar-refractivity contribution in [3.8, 4) is 16.5 Å². The number of nitriles is 1. The van der Waals surface area contributed by atoms with E-state index in [1.165, 1.54) is 37.3 Å². The van der Waals surface area contributed by atoms with Crippen molar-refractivity contribution in [2.45, 2.75) is 43.4 Å². The average molecular weight is 325 g/mol. The molecule has 1 nitrogen and oxygen atoms in total. The average Bonchev–Trinajstić information content (AvgIpc) is 2.58. The van der Waals surface area contributed by atoms with E-state index in [1.54, 1.807) is 6.07 Å². The molecule has 1 fully saturated rings. The Morgan fingerprint density at radius 3 is 2.26 bits per heavy atom. The molecule has 1 aliphatic rings. The van der Waals surface area contributed by atoms with Crippen LogP contribution in [0.1, 0.15) is 44.1 Å². The molecule has 0 aromatic heterocycles. The third kappa shape index (κ3) is 3.76. The van der Waals surface area contributed by atoms with Crippen LogP contribution in [0.15, 0.2) is 47.4 Å². The van der Waals surface area contributed by atoms with Gasteiger partial charge >= 0.3 is 0 Å². The highest BCUT2D eigenvalue weighted by atomic mass is 32.2. The van der Waals surface area contributed by atoms with E-state index in [1.807, 2.05) is 11.5 Å². The van der Waals surface area contributed by atoms with Gasteiger partial charge in [0.1, 0.15) is 11.2 Å². The van der Waals surface area contributed by atoms with Gasteiger partial charge in [0, 0.05) is 0 Å². The lowest BCUT2D eigenvalue weighted by Crippen LogP contribution is -2.10. The summed E-state index contributed by atoms with van der Waals surface area (Å²) in [5.74, 6) is 1.20. The minimum atomic E-state index is -0.334. The first-order valence-corrected chi connectivity index (χ1v) is 8.95. The number of rotatable bonds is 3. The maximum absolute atomic E-state index is 14.0. The molecule has 0 N–H and O–H groups in total. The monoisotopic (exact) mass is 325 g/mol. The maximum atomic E-state index is 14.0. The van der Waals surface area contributed by atoms with E-state index in [2.05, 4.69) is 31.2 Å². The molecule has 23 heavy (non-hydrogen) atoms. The Balaban J connectivity index is 1.77. The predicted molar refractivity (Wildman–Crippen MR) is 93.7 cm³/mol. The van der Waals surface area contributed by atoms with Crippen molar-refractivity contribution in [3.05, 3.63) is 53.8 Å². The molecular weight excluding hydrogens is 305 g/mol. The summed E-state index contributed by atoms with van der Waals surface area (Å²) >= 11 is 0.858. The van der Waals surface area contributed by atoms with Gasteiger partial charge in [0.15, 0.2) is 0 Å². The molecule has 1 aliphatic carbocycles. The molecule has 0 spiro atoms. The van der Waals surface area contributed by atoms with E-state index >= 15 is 0 Å². The van der Waals surface area contributed by atoms with Crippen LogP contribution in [0.25, 0.3) is 11.1 Å². The van der Waals surface area contributed by atoms with Gasteiger partial charge in [-0.15, -0.1) is 0 Å². The molecule has 118 valence electrons. The smallest absolute Gasteiger partial charge is 0.138 e. The third-order valence-electron chi connectivity index (χ3n) is 4.82. The van der Waals surface area contributed by atoms with Gasteiger partial charge in [-0.05, 0) is 65.3 Å². The zero-order valence-electron chi connectivity index (χ0n) is 13.3. The Bertz CT molecular complexity index is 709. The summed E-state index contributed by atoms with van der Waals surface area (Å²) in [7, 11) is 0. The Kier molecular flexibility index (Phi) is 5.03. The van der Waals surface area contributed by atoms with Crippen LogP contribution in [-0.2, 0) is 0 Å². The second-order valence-electron chi connectivity index (χ2n) is 6.42. The molecule has 3 rings (SSSR count). The van der Waals surface area contributed by atoms with Crippen molar-refractivity contribution in [3.63, 3.8) is 0 Å². The predicted octanol–water partition coefficient (Wildman–Crippen LogP) is 6.36. The molecule has 0 saturated heterocycles. The number of benzene rings is 2. The van der Waals surface area contributed by atoms with E-state index in [-0.39, 0.29) is 5.82 Å². The highest BCUT2D eigenvalue weighted by Crippen LogP contribution is 2.36. The standard InChI is InChI=1S/C20H20FNS/c1-14-2-4-15(5-3-14)16-6-8-17(9-7-16)18-10-11-20(23-13-22)19(21)12-18/h6-12,14-15H,2-5H2,1H3. The Labute approximate surface area is 141 Å². The van der Waals surface area contributed by atoms with Crippen LogP contribution >= 0.6 is 11.8 Å². The van der Waals surface area contributed by atoms with Crippen molar-refractivity contribution >= 4 is 11.8 Å². The van der Waals surface area contributed by atoms with E-state index < -0.39 is 0 Å². The number of thioether (sulfide) groups is 1. The number of hydrogen-bond acceptors (Lipinski definition) is 2. The zero-order chi connectivity index (χ0) is 16.2. The van der Waals surface area contributed by atoms with Crippen molar-refractivity contribution in [1.29, 1.82) is 5.26 Å². The lowest BCUT2D eigenvalue weighted by molar-refractivity contribution is 0.348. The Hall–Kier alpha value is -1.79. The molecule has 2 aromatic rings. The van der Waals surface area contributed by atoms with Crippen LogP contribution in [0.4, 0.5) is 4.39 Å². The summed E-state index contributed by atoms with van der Waals surface area (Å²) < 4.78 is 14.0. The van der Waals surface area contributed by atoms with Gasteiger partial charge in [-0.2, -0.15) is 5.26 Å². The molecule has 3 heteroatoms. The van der Waals surface area contributed by atoms with E-state index in [9.17, 15) is 4.39 Å². The largest absolute Gasteiger partial charge is 0.206 e. The summed E-state index contributed by atoms with van der Waals surface area (Å²) in [6, 6.07) is 13.6. The number of thiocyanates is 1. The second kappa shape index (κ2) is 7.19. The molecule has 2 aromatic carbocycles. The van der Waals surface area contributed by atoms with Crippen LogP contribution in [-0.4, -0.2) is 0 Å². The number of hydrogen-bond donors (Lipinski definition) is 0. The van der Waals surface area contributed by atoms with Crippen molar-refractivity contribution in [1.82, 2.24) is 0 Å². The number of nitrogens with zero attached hydrogens (tertiary/aromatic N) is 1. The molecule has 0 radical (unpaired) electrons. The summed E-state index contributed by atoms with van der Waals surface area (Å²) in [6.07, 6.45) is 5.18. The third-order valence-corrected chi connectivity index (χ3v) is 5.46. The molecular formula is C20H20FNS. The van der Waals surface area contributed by atoms with Gasteiger partial charge in [-0.3, -0.25) is 0 Å². The first-order valence-electron chi connectivity index (χ1n) is 8.13. The van der Waals surface area contributed by atoms with Gasteiger partial charge in [0.25, 0.3) is 0 Å². The zero-order valence-corrected chi connectivity index (χ0v) is 14.1. The lowest BCUT2D eigenvalue weighted by atomic mass is 9.79. The van der Waals surface area contributed by atoms with E-state index in [0.29, 0.717) is 10.8 Å². The molecule has 0 atom stereocenters. The lowest BCUT2D eigenvalue weighted by Gasteiger charge is -2.26. The molecule has 0 unspecified atom stereocenters. The minimum absolute atomic E-state index is 0.334. The fourth-order valence-corrected chi connectivity index (χ4v) is 3.74.